The van der Waals surface area contributed by atoms with Gasteiger partial charge in [0.25, 0.3) is 0 Å². The van der Waals surface area contributed by atoms with Crippen molar-refractivity contribution >= 4 is 0 Å². The Labute approximate surface area is 103 Å². The lowest BCUT2D eigenvalue weighted by atomic mass is 10.1. The first-order valence-electron chi connectivity index (χ1n) is 6.39. The maximum absolute atomic E-state index is 14.0. The Morgan fingerprint density at radius 1 is 1.29 bits per heavy atom. The molecule has 0 saturated heterocycles. The zero-order valence-electron chi connectivity index (χ0n) is 10.5. The molecule has 0 aliphatic heterocycles. The quantitative estimate of drug-likeness (QED) is 0.871. The van der Waals surface area contributed by atoms with Gasteiger partial charge in [-0.3, -0.25) is 4.90 Å². The first-order valence-corrected chi connectivity index (χ1v) is 6.39. The van der Waals surface area contributed by atoms with E-state index in [1.807, 2.05) is 12.1 Å². The van der Waals surface area contributed by atoms with Crippen LogP contribution >= 0.6 is 0 Å². The Kier molecular flexibility index (Phi) is 4.13. The van der Waals surface area contributed by atoms with Crippen molar-refractivity contribution in [3.8, 4) is 0 Å². The molecule has 3 heteroatoms. The van der Waals surface area contributed by atoms with E-state index in [9.17, 15) is 4.39 Å². The lowest BCUT2D eigenvalue weighted by molar-refractivity contribution is 0.234. The summed E-state index contributed by atoms with van der Waals surface area (Å²) in [6.45, 7) is 0.956. The summed E-state index contributed by atoms with van der Waals surface area (Å²) in [6.07, 6.45) is 5.10. The second-order valence-corrected chi connectivity index (χ2v) is 4.95. The van der Waals surface area contributed by atoms with Crippen LogP contribution in [0.15, 0.2) is 18.2 Å². The zero-order valence-corrected chi connectivity index (χ0v) is 10.5. The first kappa shape index (κ1) is 12.5. The highest BCUT2D eigenvalue weighted by molar-refractivity contribution is 5.25. The Morgan fingerprint density at radius 3 is 2.59 bits per heavy atom. The van der Waals surface area contributed by atoms with Gasteiger partial charge in [0.1, 0.15) is 5.82 Å². The van der Waals surface area contributed by atoms with Crippen LogP contribution in [0.25, 0.3) is 0 Å². The molecular weight excluding hydrogens is 215 g/mol. The van der Waals surface area contributed by atoms with Crippen LogP contribution < -0.4 is 5.73 Å². The van der Waals surface area contributed by atoms with E-state index in [1.165, 1.54) is 25.7 Å². The maximum atomic E-state index is 14.0. The van der Waals surface area contributed by atoms with Crippen LogP contribution in [-0.4, -0.2) is 18.0 Å². The molecule has 0 atom stereocenters. The summed E-state index contributed by atoms with van der Waals surface area (Å²) in [6, 6.07) is 6.13. The SMILES string of the molecule is CN(Cc1cccc(CN)c1F)C1CCCC1. The highest BCUT2D eigenvalue weighted by Gasteiger charge is 2.20. The Morgan fingerprint density at radius 2 is 1.94 bits per heavy atom. The van der Waals surface area contributed by atoms with Crippen LogP contribution in [0.1, 0.15) is 36.8 Å². The molecule has 1 aromatic carbocycles. The van der Waals surface area contributed by atoms with Gasteiger partial charge in [-0.1, -0.05) is 31.0 Å². The Hall–Kier alpha value is -0.930. The van der Waals surface area contributed by atoms with E-state index in [-0.39, 0.29) is 12.4 Å². The molecule has 0 bridgehead atoms. The fourth-order valence-corrected chi connectivity index (χ4v) is 2.66. The van der Waals surface area contributed by atoms with Crippen LogP contribution in [0.4, 0.5) is 4.39 Å². The molecule has 1 saturated carbocycles. The maximum Gasteiger partial charge on any atom is 0.132 e. The smallest absolute Gasteiger partial charge is 0.132 e. The van der Waals surface area contributed by atoms with E-state index in [4.69, 9.17) is 5.73 Å². The molecule has 0 aromatic heterocycles. The predicted molar refractivity (Wildman–Crippen MR) is 68.0 cm³/mol. The number of hydrogen-bond donors (Lipinski definition) is 1. The number of halogens is 1. The fraction of sp³-hybridized carbons (Fsp3) is 0.571. The zero-order chi connectivity index (χ0) is 12.3. The monoisotopic (exact) mass is 236 g/mol. The van der Waals surface area contributed by atoms with Crippen LogP contribution in [0.2, 0.25) is 0 Å². The number of rotatable bonds is 4. The normalized spacial score (nSPS) is 16.9. The first-order chi connectivity index (χ1) is 8.22. The van der Waals surface area contributed by atoms with Crippen molar-refractivity contribution in [2.45, 2.75) is 44.8 Å². The molecule has 2 rings (SSSR count). The molecular formula is C14H21FN2. The van der Waals surface area contributed by atoms with Gasteiger partial charge >= 0.3 is 0 Å². The van der Waals surface area contributed by atoms with Gasteiger partial charge in [-0.2, -0.15) is 0 Å². The third kappa shape index (κ3) is 2.85. The molecule has 0 radical (unpaired) electrons. The predicted octanol–water partition coefficient (Wildman–Crippen LogP) is 2.66. The van der Waals surface area contributed by atoms with Crippen LogP contribution in [0.5, 0.6) is 0 Å². The summed E-state index contributed by atoms with van der Waals surface area (Å²) in [7, 11) is 2.09. The summed E-state index contributed by atoms with van der Waals surface area (Å²) in [5.74, 6) is -0.125. The van der Waals surface area contributed by atoms with E-state index in [2.05, 4.69) is 11.9 Å². The van der Waals surface area contributed by atoms with Gasteiger partial charge in [0, 0.05) is 30.3 Å². The van der Waals surface area contributed by atoms with E-state index >= 15 is 0 Å². The lowest BCUT2D eigenvalue weighted by Gasteiger charge is -2.24. The van der Waals surface area contributed by atoms with Gasteiger partial charge in [-0.15, -0.1) is 0 Å². The van der Waals surface area contributed by atoms with Gasteiger partial charge in [0.15, 0.2) is 0 Å². The van der Waals surface area contributed by atoms with Gasteiger partial charge in [-0.05, 0) is 19.9 Å². The second kappa shape index (κ2) is 5.61. The minimum Gasteiger partial charge on any atom is -0.326 e. The lowest BCUT2D eigenvalue weighted by Crippen LogP contribution is -2.29. The molecule has 0 unspecified atom stereocenters. The van der Waals surface area contributed by atoms with Crippen molar-refractivity contribution in [1.29, 1.82) is 0 Å². The molecule has 2 N–H and O–H groups in total. The van der Waals surface area contributed by atoms with Crippen molar-refractivity contribution in [1.82, 2.24) is 4.90 Å². The average Bonchev–Trinajstić information content (AvgIpc) is 2.85. The molecule has 1 fully saturated rings. The Bertz CT molecular complexity index is 372. The molecule has 1 aliphatic rings. The van der Waals surface area contributed by atoms with Crippen LogP contribution in [0, 0.1) is 5.82 Å². The minimum absolute atomic E-state index is 0.125. The van der Waals surface area contributed by atoms with Gasteiger partial charge < -0.3 is 5.73 Å². The van der Waals surface area contributed by atoms with Crippen molar-refractivity contribution < 1.29 is 4.39 Å². The standard InChI is InChI=1S/C14H21FN2/c1-17(13-7-2-3-8-13)10-12-6-4-5-11(9-16)14(12)15/h4-6,13H,2-3,7-10,16H2,1H3. The van der Waals surface area contributed by atoms with Crippen molar-refractivity contribution in [2.24, 2.45) is 5.73 Å². The summed E-state index contributed by atoms with van der Waals surface area (Å²) in [5, 5.41) is 0. The van der Waals surface area contributed by atoms with E-state index in [0.717, 1.165) is 5.56 Å². The van der Waals surface area contributed by atoms with Crippen molar-refractivity contribution in [2.75, 3.05) is 7.05 Å². The largest absolute Gasteiger partial charge is 0.326 e. The number of hydrogen-bond acceptors (Lipinski definition) is 2. The van der Waals surface area contributed by atoms with Crippen molar-refractivity contribution in [3.63, 3.8) is 0 Å². The van der Waals surface area contributed by atoms with E-state index in [0.29, 0.717) is 18.2 Å². The molecule has 1 aromatic rings. The van der Waals surface area contributed by atoms with Crippen LogP contribution in [-0.2, 0) is 13.1 Å². The van der Waals surface area contributed by atoms with Crippen molar-refractivity contribution in [3.05, 3.63) is 35.1 Å². The second-order valence-electron chi connectivity index (χ2n) is 4.95. The minimum atomic E-state index is -0.125. The molecule has 0 spiro atoms. The van der Waals surface area contributed by atoms with Crippen LogP contribution in [0.3, 0.4) is 0 Å². The van der Waals surface area contributed by atoms with Gasteiger partial charge in [0.05, 0.1) is 0 Å². The molecule has 17 heavy (non-hydrogen) atoms. The van der Waals surface area contributed by atoms with E-state index < -0.39 is 0 Å². The highest BCUT2D eigenvalue weighted by Crippen LogP contribution is 2.24. The third-order valence-electron chi connectivity index (χ3n) is 3.75. The van der Waals surface area contributed by atoms with Gasteiger partial charge in [-0.25, -0.2) is 4.39 Å². The number of benzene rings is 1. The summed E-state index contributed by atoms with van der Waals surface area (Å²) >= 11 is 0. The topological polar surface area (TPSA) is 29.3 Å². The molecule has 94 valence electrons. The summed E-state index contributed by atoms with van der Waals surface area (Å²) in [4.78, 5) is 2.27. The average molecular weight is 236 g/mol. The Balaban J connectivity index is 2.07. The summed E-state index contributed by atoms with van der Waals surface area (Å²) in [5.41, 5.74) is 6.90. The number of nitrogens with zero attached hydrogens (tertiary/aromatic N) is 1. The van der Waals surface area contributed by atoms with E-state index in [1.54, 1.807) is 6.07 Å². The fourth-order valence-electron chi connectivity index (χ4n) is 2.66. The molecule has 0 amide bonds. The third-order valence-corrected chi connectivity index (χ3v) is 3.75. The van der Waals surface area contributed by atoms with Gasteiger partial charge in [0.2, 0.25) is 0 Å². The summed E-state index contributed by atoms with van der Waals surface area (Å²) < 4.78 is 14.0. The molecule has 1 aliphatic carbocycles. The molecule has 0 heterocycles. The molecule has 2 nitrogen and oxygen atoms in total. The highest BCUT2D eigenvalue weighted by atomic mass is 19.1. The number of nitrogens with two attached hydrogens (primary N) is 1.